The molecule has 33 heavy (non-hydrogen) atoms. The number of anilines is 1. The standard InChI is InChI=1S/C27H36N4O2/c1-33-26-10-6-5-9-25(26)30-15-13-29(14-16-30)19-23-20-31-12-11-22(23)17-24(31)18-28-27(32)21-7-3-2-4-8-21/h2-10,22-24H,11-20H2,1H3,(H,28,32)/t22-,23+,24+/m0/s1. The van der Waals surface area contributed by atoms with Gasteiger partial charge in [-0.3, -0.25) is 14.6 Å². The maximum atomic E-state index is 12.4. The molecule has 4 heterocycles. The first-order valence-electron chi connectivity index (χ1n) is 12.4. The lowest BCUT2D eigenvalue weighted by molar-refractivity contribution is -0.0120. The molecule has 2 aromatic carbocycles. The van der Waals surface area contributed by atoms with Gasteiger partial charge in [0.2, 0.25) is 0 Å². The Labute approximate surface area is 197 Å². The van der Waals surface area contributed by atoms with E-state index in [1.165, 1.54) is 38.2 Å². The fourth-order valence-electron chi connectivity index (χ4n) is 5.96. The predicted molar refractivity (Wildman–Crippen MR) is 132 cm³/mol. The van der Waals surface area contributed by atoms with Crippen molar-refractivity contribution in [3.05, 3.63) is 60.2 Å². The monoisotopic (exact) mass is 448 g/mol. The van der Waals surface area contributed by atoms with Crippen LogP contribution < -0.4 is 15.0 Å². The SMILES string of the molecule is COc1ccccc1N1CCN(C[C@@H]2CN3CC[C@H]2C[C@@H]3CNC(=O)c2ccccc2)CC1. The zero-order valence-corrected chi connectivity index (χ0v) is 19.7. The predicted octanol–water partition coefficient (Wildman–Crippen LogP) is 2.96. The molecule has 0 aliphatic carbocycles. The number of amides is 1. The van der Waals surface area contributed by atoms with Crippen molar-refractivity contribution in [1.82, 2.24) is 15.1 Å². The van der Waals surface area contributed by atoms with Crippen LogP contribution in [0.1, 0.15) is 23.2 Å². The third-order valence-corrected chi connectivity index (χ3v) is 7.84. The number of nitrogens with zero attached hydrogens (tertiary/aromatic N) is 3. The van der Waals surface area contributed by atoms with Gasteiger partial charge in [0.05, 0.1) is 12.8 Å². The van der Waals surface area contributed by atoms with Crippen LogP contribution in [0.5, 0.6) is 5.75 Å². The molecule has 0 spiro atoms. The Balaban J connectivity index is 1.09. The first kappa shape index (κ1) is 22.2. The van der Waals surface area contributed by atoms with E-state index in [-0.39, 0.29) is 5.91 Å². The Morgan fingerprint density at radius 3 is 2.48 bits per heavy atom. The second-order valence-electron chi connectivity index (χ2n) is 9.73. The topological polar surface area (TPSA) is 48.1 Å². The lowest BCUT2D eigenvalue weighted by Crippen LogP contribution is -2.59. The molecule has 6 rings (SSSR count). The van der Waals surface area contributed by atoms with Crippen LogP contribution in [0, 0.1) is 11.8 Å². The van der Waals surface area contributed by atoms with Gasteiger partial charge in [0.1, 0.15) is 5.75 Å². The van der Waals surface area contributed by atoms with Gasteiger partial charge >= 0.3 is 0 Å². The van der Waals surface area contributed by atoms with E-state index in [9.17, 15) is 4.79 Å². The maximum absolute atomic E-state index is 12.4. The highest BCUT2D eigenvalue weighted by atomic mass is 16.5. The molecule has 2 bridgehead atoms. The summed E-state index contributed by atoms with van der Waals surface area (Å²) in [6.07, 6.45) is 2.51. The number of carbonyl (C=O) groups excluding carboxylic acids is 1. The maximum Gasteiger partial charge on any atom is 0.251 e. The quantitative estimate of drug-likeness (QED) is 0.706. The molecule has 4 atom stereocenters. The lowest BCUT2D eigenvalue weighted by Gasteiger charge is -2.51. The number of para-hydroxylation sites is 2. The van der Waals surface area contributed by atoms with Crippen LogP contribution in [-0.2, 0) is 0 Å². The van der Waals surface area contributed by atoms with Gasteiger partial charge in [0.15, 0.2) is 0 Å². The molecule has 176 valence electrons. The van der Waals surface area contributed by atoms with E-state index in [1.54, 1.807) is 7.11 Å². The normalized spacial score (nSPS) is 27.4. The molecule has 1 unspecified atom stereocenters. The number of ether oxygens (including phenoxy) is 1. The summed E-state index contributed by atoms with van der Waals surface area (Å²) in [7, 11) is 1.75. The fourth-order valence-corrected chi connectivity index (χ4v) is 5.96. The third-order valence-electron chi connectivity index (χ3n) is 7.84. The Morgan fingerprint density at radius 1 is 1.00 bits per heavy atom. The summed E-state index contributed by atoms with van der Waals surface area (Å²) in [6.45, 7) is 8.62. The average molecular weight is 449 g/mol. The molecule has 1 amide bonds. The van der Waals surface area contributed by atoms with Gasteiger partial charge in [-0.05, 0) is 55.5 Å². The second-order valence-corrected chi connectivity index (χ2v) is 9.73. The highest BCUT2D eigenvalue weighted by molar-refractivity contribution is 5.94. The molecule has 6 heteroatoms. The van der Waals surface area contributed by atoms with Crippen molar-refractivity contribution >= 4 is 11.6 Å². The fraction of sp³-hybridized carbons (Fsp3) is 0.519. The Hall–Kier alpha value is -2.57. The molecule has 4 fully saturated rings. The zero-order chi connectivity index (χ0) is 22.6. The summed E-state index contributed by atoms with van der Waals surface area (Å²) >= 11 is 0. The van der Waals surface area contributed by atoms with Gasteiger partial charge in [-0.15, -0.1) is 0 Å². The summed E-state index contributed by atoms with van der Waals surface area (Å²) in [5.74, 6) is 2.54. The van der Waals surface area contributed by atoms with Crippen molar-refractivity contribution in [2.45, 2.75) is 18.9 Å². The van der Waals surface area contributed by atoms with Crippen molar-refractivity contribution in [1.29, 1.82) is 0 Å². The number of nitrogens with one attached hydrogen (secondary N) is 1. The first-order chi connectivity index (χ1) is 16.2. The van der Waals surface area contributed by atoms with E-state index in [1.807, 2.05) is 42.5 Å². The van der Waals surface area contributed by atoms with Gasteiger partial charge in [0.25, 0.3) is 5.91 Å². The molecule has 1 N–H and O–H groups in total. The number of carbonyl (C=O) groups is 1. The van der Waals surface area contributed by atoms with Crippen LogP contribution in [0.15, 0.2) is 54.6 Å². The van der Waals surface area contributed by atoms with Crippen molar-refractivity contribution in [2.75, 3.05) is 64.4 Å². The Kier molecular flexibility index (Phi) is 6.83. The minimum atomic E-state index is 0.0442. The number of methoxy groups -OCH3 is 1. The van der Waals surface area contributed by atoms with Crippen LogP contribution in [0.4, 0.5) is 5.69 Å². The number of piperazine rings is 1. The van der Waals surface area contributed by atoms with Crippen LogP contribution in [-0.4, -0.2) is 81.2 Å². The molecule has 0 radical (unpaired) electrons. The van der Waals surface area contributed by atoms with E-state index in [0.29, 0.717) is 6.04 Å². The summed E-state index contributed by atoms with van der Waals surface area (Å²) in [6, 6.07) is 18.4. The van der Waals surface area contributed by atoms with Crippen molar-refractivity contribution in [3.63, 3.8) is 0 Å². The molecule has 4 aliphatic heterocycles. The zero-order valence-electron chi connectivity index (χ0n) is 19.7. The minimum Gasteiger partial charge on any atom is -0.495 e. The van der Waals surface area contributed by atoms with Gasteiger partial charge in [-0.25, -0.2) is 0 Å². The molecular weight excluding hydrogens is 412 g/mol. The molecule has 2 aromatic rings. The number of benzene rings is 2. The van der Waals surface area contributed by atoms with Crippen molar-refractivity contribution < 1.29 is 9.53 Å². The van der Waals surface area contributed by atoms with Gasteiger partial charge in [-0.1, -0.05) is 30.3 Å². The van der Waals surface area contributed by atoms with E-state index < -0.39 is 0 Å². The second kappa shape index (κ2) is 10.1. The largest absolute Gasteiger partial charge is 0.495 e. The number of fused-ring (bicyclic) bond motifs is 3. The van der Waals surface area contributed by atoms with Gasteiger partial charge in [0, 0.05) is 57.4 Å². The van der Waals surface area contributed by atoms with Crippen LogP contribution >= 0.6 is 0 Å². The third kappa shape index (κ3) is 5.02. The summed E-state index contributed by atoms with van der Waals surface area (Å²) in [4.78, 5) is 20.2. The molecule has 6 nitrogen and oxygen atoms in total. The molecule has 4 aliphatic rings. The minimum absolute atomic E-state index is 0.0442. The summed E-state index contributed by atoms with van der Waals surface area (Å²) in [5.41, 5.74) is 1.96. The van der Waals surface area contributed by atoms with Crippen molar-refractivity contribution in [2.24, 2.45) is 11.8 Å². The highest BCUT2D eigenvalue weighted by Crippen LogP contribution is 2.37. The highest BCUT2D eigenvalue weighted by Gasteiger charge is 2.40. The lowest BCUT2D eigenvalue weighted by atomic mass is 9.75. The van der Waals surface area contributed by atoms with E-state index in [4.69, 9.17) is 4.74 Å². The smallest absolute Gasteiger partial charge is 0.251 e. The van der Waals surface area contributed by atoms with Crippen molar-refractivity contribution in [3.8, 4) is 5.75 Å². The molecule has 0 saturated carbocycles. The number of piperidine rings is 3. The van der Waals surface area contributed by atoms with E-state index in [2.05, 4.69) is 32.1 Å². The first-order valence-corrected chi connectivity index (χ1v) is 12.4. The molecule has 0 aromatic heterocycles. The Morgan fingerprint density at radius 2 is 1.76 bits per heavy atom. The number of rotatable bonds is 7. The van der Waals surface area contributed by atoms with Gasteiger partial charge in [-0.2, -0.15) is 0 Å². The van der Waals surface area contributed by atoms with Crippen LogP contribution in [0.2, 0.25) is 0 Å². The van der Waals surface area contributed by atoms with E-state index >= 15 is 0 Å². The average Bonchev–Trinajstić information content (AvgIpc) is 2.89. The molecule has 4 saturated heterocycles. The van der Waals surface area contributed by atoms with Gasteiger partial charge < -0.3 is 15.0 Å². The Bertz CT molecular complexity index is 929. The summed E-state index contributed by atoms with van der Waals surface area (Å²) in [5, 5.41) is 3.17. The number of hydrogen-bond donors (Lipinski definition) is 1. The number of hydrogen-bond acceptors (Lipinski definition) is 5. The van der Waals surface area contributed by atoms with Crippen LogP contribution in [0.25, 0.3) is 0 Å². The van der Waals surface area contributed by atoms with Crippen LogP contribution in [0.3, 0.4) is 0 Å². The van der Waals surface area contributed by atoms with E-state index in [0.717, 1.165) is 55.9 Å². The summed E-state index contributed by atoms with van der Waals surface area (Å²) < 4.78 is 5.56. The molecular formula is C27H36N4O2.